The highest BCUT2D eigenvalue weighted by Gasteiger charge is 2.30. The molecule has 0 aromatic rings. The molecule has 110 valence electrons. The third kappa shape index (κ3) is 5.46. The van der Waals surface area contributed by atoms with E-state index in [1.54, 1.807) is 6.92 Å². The number of hydrogen-bond donors (Lipinski definition) is 3. The normalized spacial score (nSPS) is 23.0. The number of urea groups is 1. The fourth-order valence-corrected chi connectivity index (χ4v) is 2.74. The molecule has 2 atom stereocenters. The number of rotatable bonds is 6. The molecule has 1 fully saturated rings. The minimum absolute atomic E-state index is 0.0548. The molecule has 2 unspecified atom stereocenters. The van der Waals surface area contributed by atoms with Gasteiger partial charge in [0.2, 0.25) is 0 Å². The van der Waals surface area contributed by atoms with Crippen molar-refractivity contribution >= 4 is 21.8 Å². The first-order valence-corrected chi connectivity index (χ1v) is 8.13. The summed E-state index contributed by atoms with van der Waals surface area (Å²) < 4.78 is 22.4. The van der Waals surface area contributed by atoms with Crippen LogP contribution in [0.3, 0.4) is 0 Å². The van der Waals surface area contributed by atoms with E-state index < -0.39 is 27.8 Å². The van der Waals surface area contributed by atoms with E-state index in [1.165, 1.54) is 0 Å². The monoisotopic (exact) mass is 292 g/mol. The van der Waals surface area contributed by atoms with Crippen LogP contribution in [0.5, 0.6) is 0 Å². The number of nitrogens with one attached hydrogen (secondary N) is 2. The molecule has 0 aromatic carbocycles. The molecule has 1 aliphatic rings. The molecule has 3 N–H and O–H groups in total. The van der Waals surface area contributed by atoms with E-state index in [9.17, 15) is 18.0 Å². The summed E-state index contributed by atoms with van der Waals surface area (Å²) in [5, 5.41) is 14.0. The molecule has 1 saturated carbocycles. The molecule has 0 aromatic heterocycles. The van der Waals surface area contributed by atoms with Crippen LogP contribution in [0.1, 0.15) is 26.2 Å². The highest BCUT2D eigenvalue weighted by molar-refractivity contribution is 7.91. The number of carboxylic acid groups (broad SMARTS) is 1. The van der Waals surface area contributed by atoms with Crippen LogP contribution < -0.4 is 10.6 Å². The smallest absolute Gasteiger partial charge is 0.315 e. The molecule has 0 radical (unpaired) electrons. The summed E-state index contributed by atoms with van der Waals surface area (Å²) in [6, 6.07) is -0.591. The second-order valence-electron chi connectivity index (χ2n) is 4.68. The van der Waals surface area contributed by atoms with Crippen molar-refractivity contribution in [2.75, 3.05) is 18.1 Å². The molecule has 8 heteroatoms. The predicted molar refractivity (Wildman–Crippen MR) is 69.6 cm³/mol. The largest absolute Gasteiger partial charge is 0.481 e. The lowest BCUT2D eigenvalue weighted by Crippen LogP contribution is -2.42. The van der Waals surface area contributed by atoms with E-state index in [0.717, 1.165) is 0 Å². The van der Waals surface area contributed by atoms with Crippen LogP contribution in [0.2, 0.25) is 0 Å². The van der Waals surface area contributed by atoms with Crippen molar-refractivity contribution in [3.05, 3.63) is 0 Å². The zero-order valence-corrected chi connectivity index (χ0v) is 11.7. The Bertz CT molecular complexity index is 434. The first-order valence-electron chi connectivity index (χ1n) is 6.31. The Kier molecular flexibility index (Phi) is 5.59. The van der Waals surface area contributed by atoms with Gasteiger partial charge in [-0.3, -0.25) is 4.79 Å². The van der Waals surface area contributed by atoms with Gasteiger partial charge in [-0.25, -0.2) is 13.2 Å². The fourth-order valence-electron chi connectivity index (χ4n) is 2.04. The summed E-state index contributed by atoms with van der Waals surface area (Å²) in [6.07, 6.45) is 1.62. The second kappa shape index (κ2) is 6.74. The maximum absolute atomic E-state index is 11.5. The number of carbonyl (C=O) groups excluding carboxylic acids is 1. The van der Waals surface area contributed by atoms with Crippen molar-refractivity contribution < 1.29 is 23.1 Å². The van der Waals surface area contributed by atoms with Crippen molar-refractivity contribution in [3.8, 4) is 0 Å². The highest BCUT2D eigenvalue weighted by atomic mass is 32.2. The van der Waals surface area contributed by atoms with Crippen molar-refractivity contribution in [2.45, 2.75) is 32.2 Å². The summed E-state index contributed by atoms with van der Waals surface area (Å²) in [5.41, 5.74) is 0. The van der Waals surface area contributed by atoms with Gasteiger partial charge in [0.25, 0.3) is 0 Å². The number of carboxylic acids is 1. The Morgan fingerprint density at radius 2 is 2.00 bits per heavy atom. The van der Waals surface area contributed by atoms with E-state index in [2.05, 4.69) is 10.6 Å². The van der Waals surface area contributed by atoms with Crippen molar-refractivity contribution in [1.82, 2.24) is 10.6 Å². The predicted octanol–water partition coefficient (Wildman–Crippen LogP) is -0.0264. The van der Waals surface area contributed by atoms with Gasteiger partial charge in [-0.1, -0.05) is 6.92 Å². The minimum atomic E-state index is -3.08. The Labute approximate surface area is 112 Å². The highest BCUT2D eigenvalue weighted by Crippen LogP contribution is 2.25. The standard InChI is InChI=1S/C11H20N2O5S/c1-2-19(17,18)6-5-12-11(16)13-9-4-3-8(7-9)10(14)15/h8-9H,2-7H2,1H3,(H,14,15)(H2,12,13,16). The number of amides is 2. The van der Waals surface area contributed by atoms with Crippen LogP contribution in [-0.4, -0.2) is 49.6 Å². The molecule has 1 rings (SSSR count). The van der Waals surface area contributed by atoms with Gasteiger partial charge in [-0.15, -0.1) is 0 Å². The quantitative estimate of drug-likeness (QED) is 0.636. The summed E-state index contributed by atoms with van der Waals surface area (Å²) in [7, 11) is -3.08. The van der Waals surface area contributed by atoms with Crippen LogP contribution >= 0.6 is 0 Å². The third-order valence-electron chi connectivity index (χ3n) is 3.26. The topological polar surface area (TPSA) is 113 Å². The zero-order valence-electron chi connectivity index (χ0n) is 10.9. The van der Waals surface area contributed by atoms with Gasteiger partial charge in [-0.2, -0.15) is 0 Å². The SMILES string of the molecule is CCS(=O)(=O)CCNC(=O)NC1CCC(C(=O)O)C1. The average molecular weight is 292 g/mol. The summed E-state index contributed by atoms with van der Waals surface area (Å²) in [4.78, 5) is 22.2. The molecule has 1 aliphatic carbocycles. The Hall–Kier alpha value is -1.31. The van der Waals surface area contributed by atoms with Gasteiger partial charge in [0.1, 0.15) is 0 Å². The first kappa shape index (κ1) is 15.7. The number of aliphatic carboxylic acids is 1. The lowest BCUT2D eigenvalue weighted by molar-refractivity contribution is -0.141. The Morgan fingerprint density at radius 1 is 1.32 bits per heavy atom. The van der Waals surface area contributed by atoms with Gasteiger partial charge in [0, 0.05) is 18.3 Å². The molecule has 19 heavy (non-hydrogen) atoms. The molecule has 7 nitrogen and oxygen atoms in total. The molecular weight excluding hydrogens is 272 g/mol. The molecule has 0 aliphatic heterocycles. The lowest BCUT2D eigenvalue weighted by Gasteiger charge is -2.13. The molecule has 0 saturated heterocycles. The van der Waals surface area contributed by atoms with Gasteiger partial charge in [0.15, 0.2) is 9.84 Å². The average Bonchev–Trinajstić information content (AvgIpc) is 2.77. The lowest BCUT2D eigenvalue weighted by atomic mass is 10.1. The second-order valence-corrected chi connectivity index (χ2v) is 7.15. The summed E-state index contributed by atoms with van der Waals surface area (Å²) in [6.45, 7) is 1.62. The van der Waals surface area contributed by atoms with Gasteiger partial charge >= 0.3 is 12.0 Å². The van der Waals surface area contributed by atoms with Gasteiger partial charge in [0.05, 0.1) is 11.7 Å². The van der Waals surface area contributed by atoms with Crippen molar-refractivity contribution in [1.29, 1.82) is 0 Å². The molecule has 2 amide bonds. The Balaban J connectivity index is 2.24. The van der Waals surface area contributed by atoms with Crippen LogP contribution in [0, 0.1) is 5.92 Å². The van der Waals surface area contributed by atoms with Crippen molar-refractivity contribution in [2.24, 2.45) is 5.92 Å². The number of sulfone groups is 1. The maximum Gasteiger partial charge on any atom is 0.315 e. The molecule has 0 heterocycles. The van der Waals surface area contributed by atoms with Crippen LogP contribution in [0.15, 0.2) is 0 Å². The van der Waals surface area contributed by atoms with E-state index in [4.69, 9.17) is 5.11 Å². The first-order chi connectivity index (χ1) is 8.84. The van der Waals surface area contributed by atoms with E-state index in [1.807, 2.05) is 0 Å². The summed E-state index contributed by atoms with van der Waals surface area (Å²) >= 11 is 0. The maximum atomic E-state index is 11.5. The fraction of sp³-hybridized carbons (Fsp3) is 0.818. The van der Waals surface area contributed by atoms with E-state index in [0.29, 0.717) is 19.3 Å². The van der Waals surface area contributed by atoms with Gasteiger partial charge < -0.3 is 15.7 Å². The molecule has 0 bridgehead atoms. The van der Waals surface area contributed by atoms with Crippen LogP contribution in [0.4, 0.5) is 4.79 Å². The molecule has 0 spiro atoms. The number of carbonyl (C=O) groups is 2. The van der Waals surface area contributed by atoms with Gasteiger partial charge in [-0.05, 0) is 19.3 Å². The van der Waals surface area contributed by atoms with E-state index >= 15 is 0 Å². The number of hydrogen-bond acceptors (Lipinski definition) is 4. The zero-order chi connectivity index (χ0) is 14.5. The van der Waals surface area contributed by atoms with Crippen LogP contribution in [-0.2, 0) is 14.6 Å². The minimum Gasteiger partial charge on any atom is -0.481 e. The summed E-state index contributed by atoms with van der Waals surface area (Å²) in [5.74, 6) is -1.26. The van der Waals surface area contributed by atoms with Crippen LogP contribution in [0.25, 0.3) is 0 Å². The Morgan fingerprint density at radius 3 is 2.53 bits per heavy atom. The van der Waals surface area contributed by atoms with E-state index in [-0.39, 0.29) is 24.1 Å². The third-order valence-corrected chi connectivity index (χ3v) is 4.96. The van der Waals surface area contributed by atoms with Crippen molar-refractivity contribution in [3.63, 3.8) is 0 Å². The molecular formula is C11H20N2O5S.